The van der Waals surface area contributed by atoms with Gasteiger partial charge in [0.25, 0.3) is 0 Å². The minimum Gasteiger partial charge on any atom is -0.455 e. The molecule has 1 rings (SSSR count). The van der Waals surface area contributed by atoms with Gasteiger partial charge in [-0.3, -0.25) is 4.98 Å². The molecule has 0 spiro atoms. The summed E-state index contributed by atoms with van der Waals surface area (Å²) >= 11 is 0. The summed E-state index contributed by atoms with van der Waals surface area (Å²) in [4.78, 5) is 18.7. The van der Waals surface area contributed by atoms with Crippen molar-refractivity contribution in [2.24, 2.45) is 0 Å². The molecule has 0 aliphatic carbocycles. The van der Waals surface area contributed by atoms with Crippen LogP contribution in [-0.2, 0) is 4.74 Å². The molecule has 0 amide bonds. The third-order valence-corrected chi connectivity index (χ3v) is 1.13. The standard InChI is InChI=1S/C9H11N2O2/c1-9(2,3)13-8(12)7-6-10-4-5-11-7/h5-6H,1-3H3. The van der Waals surface area contributed by atoms with Crippen LogP contribution in [0.1, 0.15) is 31.3 Å². The monoisotopic (exact) mass is 179 g/mol. The molecular weight excluding hydrogens is 168 g/mol. The van der Waals surface area contributed by atoms with E-state index in [0.29, 0.717) is 0 Å². The zero-order valence-electron chi connectivity index (χ0n) is 7.87. The molecule has 0 saturated heterocycles. The SMILES string of the molecule is CC(C)(C)OC(=O)c1cn[c]cn1. The summed E-state index contributed by atoms with van der Waals surface area (Å²) in [5, 5.41) is 0. The highest BCUT2D eigenvalue weighted by atomic mass is 16.6. The molecule has 1 aromatic heterocycles. The maximum atomic E-state index is 11.3. The molecule has 0 aliphatic heterocycles. The highest BCUT2D eigenvalue weighted by Gasteiger charge is 2.18. The van der Waals surface area contributed by atoms with Crippen molar-refractivity contribution in [2.45, 2.75) is 26.4 Å². The molecule has 0 aromatic carbocycles. The fourth-order valence-electron chi connectivity index (χ4n) is 0.699. The minimum atomic E-state index is -0.502. The van der Waals surface area contributed by atoms with Crippen molar-refractivity contribution in [2.75, 3.05) is 0 Å². The molecule has 0 aliphatic rings. The number of carbonyl (C=O) groups is 1. The highest BCUT2D eigenvalue weighted by molar-refractivity contribution is 5.86. The summed E-state index contributed by atoms with van der Waals surface area (Å²) in [7, 11) is 0. The lowest BCUT2D eigenvalue weighted by molar-refractivity contribution is 0.00623. The van der Waals surface area contributed by atoms with Gasteiger partial charge < -0.3 is 4.74 Å². The van der Waals surface area contributed by atoms with Crippen LogP contribution in [0.15, 0.2) is 12.4 Å². The van der Waals surface area contributed by atoms with Gasteiger partial charge in [-0.2, -0.15) is 0 Å². The molecule has 1 radical (unpaired) electrons. The molecule has 0 N–H and O–H groups in total. The van der Waals surface area contributed by atoms with Crippen LogP contribution in [0.2, 0.25) is 0 Å². The van der Waals surface area contributed by atoms with E-state index in [1.165, 1.54) is 12.4 Å². The molecule has 4 nitrogen and oxygen atoms in total. The maximum absolute atomic E-state index is 11.3. The van der Waals surface area contributed by atoms with E-state index in [2.05, 4.69) is 16.2 Å². The largest absolute Gasteiger partial charge is 0.455 e. The second kappa shape index (κ2) is 3.51. The average Bonchev–Trinajstić information content (AvgIpc) is 2.03. The molecule has 13 heavy (non-hydrogen) atoms. The zero-order chi connectivity index (χ0) is 9.90. The van der Waals surface area contributed by atoms with E-state index in [1.54, 1.807) is 20.8 Å². The molecule has 69 valence electrons. The van der Waals surface area contributed by atoms with Crippen molar-refractivity contribution in [1.29, 1.82) is 0 Å². The Morgan fingerprint density at radius 1 is 1.54 bits per heavy atom. The lowest BCUT2D eigenvalue weighted by atomic mass is 10.2. The number of esters is 1. The van der Waals surface area contributed by atoms with Crippen molar-refractivity contribution in [3.63, 3.8) is 0 Å². The van der Waals surface area contributed by atoms with E-state index >= 15 is 0 Å². The van der Waals surface area contributed by atoms with E-state index in [-0.39, 0.29) is 5.69 Å². The maximum Gasteiger partial charge on any atom is 0.359 e. The van der Waals surface area contributed by atoms with Gasteiger partial charge in [-0.1, -0.05) is 0 Å². The van der Waals surface area contributed by atoms with Gasteiger partial charge in [-0.25, -0.2) is 9.78 Å². The van der Waals surface area contributed by atoms with Gasteiger partial charge in [-0.15, -0.1) is 0 Å². The Labute approximate surface area is 77.0 Å². The van der Waals surface area contributed by atoms with E-state index in [1.807, 2.05) is 0 Å². The van der Waals surface area contributed by atoms with Crippen LogP contribution in [-0.4, -0.2) is 21.5 Å². The van der Waals surface area contributed by atoms with Gasteiger partial charge in [0, 0.05) is 0 Å². The molecule has 0 bridgehead atoms. The molecule has 0 atom stereocenters. The fourth-order valence-corrected chi connectivity index (χ4v) is 0.699. The summed E-state index contributed by atoms with van der Waals surface area (Å²) in [6.07, 6.45) is 5.14. The second-order valence-corrected chi connectivity index (χ2v) is 3.53. The van der Waals surface area contributed by atoms with Crippen LogP contribution < -0.4 is 0 Å². The zero-order valence-corrected chi connectivity index (χ0v) is 7.87. The first-order valence-corrected chi connectivity index (χ1v) is 3.90. The molecule has 1 aromatic rings. The Morgan fingerprint density at radius 3 is 2.69 bits per heavy atom. The Hall–Kier alpha value is -1.45. The van der Waals surface area contributed by atoms with E-state index < -0.39 is 11.6 Å². The lowest BCUT2D eigenvalue weighted by Crippen LogP contribution is -2.24. The second-order valence-electron chi connectivity index (χ2n) is 3.53. The van der Waals surface area contributed by atoms with Gasteiger partial charge in [0.05, 0.1) is 12.4 Å². The first kappa shape index (κ1) is 9.64. The van der Waals surface area contributed by atoms with Crippen LogP contribution >= 0.6 is 0 Å². The minimum absolute atomic E-state index is 0.202. The Balaban J connectivity index is 2.71. The highest BCUT2D eigenvalue weighted by Crippen LogP contribution is 2.09. The van der Waals surface area contributed by atoms with E-state index in [0.717, 1.165) is 0 Å². The number of nitrogens with zero attached hydrogens (tertiary/aromatic N) is 2. The van der Waals surface area contributed by atoms with Gasteiger partial charge >= 0.3 is 5.97 Å². The van der Waals surface area contributed by atoms with Crippen LogP contribution in [0.4, 0.5) is 0 Å². The van der Waals surface area contributed by atoms with Crippen molar-refractivity contribution in [3.8, 4) is 0 Å². The molecule has 0 fully saturated rings. The number of hydrogen-bond acceptors (Lipinski definition) is 4. The third kappa shape index (κ3) is 3.19. The number of aromatic nitrogens is 2. The summed E-state index contributed by atoms with van der Waals surface area (Å²) in [6, 6.07) is 0. The topological polar surface area (TPSA) is 52.1 Å². The number of ether oxygens (including phenoxy) is 1. The van der Waals surface area contributed by atoms with Crippen LogP contribution in [0.5, 0.6) is 0 Å². The van der Waals surface area contributed by atoms with E-state index in [4.69, 9.17) is 4.74 Å². The number of hydrogen-bond donors (Lipinski definition) is 0. The molecule has 0 unspecified atom stereocenters. The van der Waals surface area contributed by atoms with Gasteiger partial charge in [0.2, 0.25) is 0 Å². The smallest absolute Gasteiger partial charge is 0.359 e. The van der Waals surface area contributed by atoms with E-state index in [9.17, 15) is 4.79 Å². The third-order valence-electron chi connectivity index (χ3n) is 1.13. The molecular formula is C9H11N2O2. The van der Waals surface area contributed by atoms with Crippen molar-refractivity contribution in [1.82, 2.24) is 9.97 Å². The number of rotatable bonds is 1. The molecule has 4 heteroatoms. The molecule has 1 heterocycles. The summed E-state index contributed by atoms with van der Waals surface area (Å²) in [5.41, 5.74) is -0.299. The summed E-state index contributed by atoms with van der Waals surface area (Å²) in [5.74, 6) is -0.464. The number of carbonyl (C=O) groups excluding carboxylic acids is 1. The summed E-state index contributed by atoms with van der Waals surface area (Å²) in [6.45, 7) is 5.40. The summed E-state index contributed by atoms with van der Waals surface area (Å²) < 4.78 is 5.07. The Kier molecular flexibility index (Phi) is 2.60. The van der Waals surface area contributed by atoms with Crippen LogP contribution in [0.3, 0.4) is 0 Å². The fraction of sp³-hybridized carbons (Fsp3) is 0.444. The predicted molar refractivity (Wildman–Crippen MR) is 46.0 cm³/mol. The molecule has 0 saturated carbocycles. The average molecular weight is 179 g/mol. The normalized spacial score (nSPS) is 11.0. The van der Waals surface area contributed by atoms with Crippen molar-refractivity contribution < 1.29 is 9.53 Å². The first-order valence-electron chi connectivity index (χ1n) is 3.90. The van der Waals surface area contributed by atoms with Gasteiger partial charge in [0.1, 0.15) is 11.8 Å². The Bertz CT molecular complexity index is 290. The van der Waals surface area contributed by atoms with Gasteiger partial charge in [-0.05, 0) is 20.8 Å². The van der Waals surface area contributed by atoms with Gasteiger partial charge in [0.15, 0.2) is 5.69 Å². The quantitative estimate of drug-likeness (QED) is 0.608. The lowest BCUT2D eigenvalue weighted by Gasteiger charge is -2.18. The van der Waals surface area contributed by atoms with Crippen LogP contribution in [0.25, 0.3) is 0 Å². The van der Waals surface area contributed by atoms with Crippen molar-refractivity contribution in [3.05, 3.63) is 24.3 Å². The van der Waals surface area contributed by atoms with Crippen LogP contribution in [0, 0.1) is 6.20 Å². The predicted octanol–water partition coefficient (Wildman–Crippen LogP) is 1.23. The first-order chi connectivity index (χ1) is 5.99. The van der Waals surface area contributed by atoms with Crippen molar-refractivity contribution >= 4 is 5.97 Å². The Morgan fingerprint density at radius 2 is 2.23 bits per heavy atom.